The molecule has 29 heavy (non-hydrogen) atoms. The zero-order valence-electron chi connectivity index (χ0n) is 16.6. The van der Waals surface area contributed by atoms with E-state index in [0.717, 1.165) is 45.9 Å². The number of aliphatic hydroxyl groups is 1. The van der Waals surface area contributed by atoms with Gasteiger partial charge in [-0.3, -0.25) is 24.4 Å². The highest BCUT2D eigenvalue weighted by Crippen LogP contribution is 2.08. The highest BCUT2D eigenvalue weighted by atomic mass is 35.5. The number of carbonyl (C=O) groups excluding carboxylic acids is 2. The first-order chi connectivity index (χ1) is 13.7. The Balaban J connectivity index is 0.00000300. The molecule has 9 nitrogen and oxygen atoms in total. The Kier molecular flexibility index (Phi) is 9.75. The Morgan fingerprint density at radius 2 is 1.72 bits per heavy atom. The van der Waals surface area contributed by atoms with Crippen LogP contribution in [0.25, 0.3) is 0 Å². The lowest BCUT2D eigenvalue weighted by molar-refractivity contribution is 0.0383. The number of aliphatic hydroxyl groups excluding tert-OH is 1. The molecule has 2 amide bonds. The summed E-state index contributed by atoms with van der Waals surface area (Å²) in [5.74, 6) is -0.305. The number of morpholine rings is 1. The molecule has 0 bridgehead atoms. The number of halogens is 1. The van der Waals surface area contributed by atoms with Crippen LogP contribution in [0.5, 0.6) is 0 Å². The second-order valence-electron chi connectivity index (χ2n) is 7.00. The van der Waals surface area contributed by atoms with E-state index in [1.165, 1.54) is 6.20 Å². The highest BCUT2D eigenvalue weighted by Gasteiger charge is 2.22. The van der Waals surface area contributed by atoms with Crippen LogP contribution in [0.4, 0.5) is 0 Å². The van der Waals surface area contributed by atoms with Gasteiger partial charge in [0.25, 0.3) is 11.8 Å². The van der Waals surface area contributed by atoms with Crippen molar-refractivity contribution in [2.45, 2.75) is 0 Å². The minimum atomic E-state index is -0.183. The summed E-state index contributed by atoms with van der Waals surface area (Å²) >= 11 is 0. The number of nitrogens with zero attached hydrogens (tertiary/aromatic N) is 4. The molecule has 162 valence electrons. The number of ether oxygens (including phenoxy) is 1. The molecule has 0 spiro atoms. The summed E-state index contributed by atoms with van der Waals surface area (Å²) in [6.07, 6.45) is 1.46. The van der Waals surface area contributed by atoms with E-state index in [-0.39, 0.29) is 30.8 Å². The van der Waals surface area contributed by atoms with Crippen molar-refractivity contribution in [2.75, 3.05) is 78.7 Å². The molecule has 0 unspecified atom stereocenters. The summed E-state index contributed by atoms with van der Waals surface area (Å²) in [7, 11) is 0. The predicted octanol–water partition coefficient (Wildman–Crippen LogP) is -0.684. The van der Waals surface area contributed by atoms with Crippen LogP contribution >= 0.6 is 12.4 Å². The fraction of sp³-hybridized carbons (Fsp3) is 0.632. The van der Waals surface area contributed by atoms with E-state index in [4.69, 9.17) is 9.84 Å². The number of nitrogens with one attached hydrogen (secondary N) is 1. The number of hydrogen-bond donors (Lipinski definition) is 2. The molecule has 3 heterocycles. The van der Waals surface area contributed by atoms with Gasteiger partial charge in [-0.25, -0.2) is 0 Å². The van der Waals surface area contributed by atoms with Crippen LogP contribution in [0.1, 0.15) is 20.8 Å². The van der Waals surface area contributed by atoms with E-state index < -0.39 is 0 Å². The van der Waals surface area contributed by atoms with Gasteiger partial charge in [-0.2, -0.15) is 0 Å². The van der Waals surface area contributed by atoms with Gasteiger partial charge < -0.3 is 20.1 Å². The minimum Gasteiger partial charge on any atom is -0.395 e. The molecular formula is C19H30ClN5O4. The van der Waals surface area contributed by atoms with E-state index in [1.807, 2.05) is 0 Å². The lowest BCUT2D eigenvalue weighted by Gasteiger charge is -2.34. The number of rotatable bonds is 7. The summed E-state index contributed by atoms with van der Waals surface area (Å²) in [6.45, 7) is 8.11. The van der Waals surface area contributed by atoms with Crippen LogP contribution in [0, 0.1) is 0 Å². The van der Waals surface area contributed by atoms with Gasteiger partial charge in [0.05, 0.1) is 25.4 Å². The molecule has 2 aliphatic heterocycles. The first-order valence-electron chi connectivity index (χ1n) is 9.84. The zero-order chi connectivity index (χ0) is 19.8. The maximum absolute atomic E-state index is 12.6. The van der Waals surface area contributed by atoms with Gasteiger partial charge in [0.1, 0.15) is 5.69 Å². The molecule has 1 aromatic heterocycles. The molecule has 0 atom stereocenters. The van der Waals surface area contributed by atoms with Crippen molar-refractivity contribution >= 4 is 24.2 Å². The molecule has 2 N–H and O–H groups in total. The van der Waals surface area contributed by atoms with Crippen LogP contribution in [0.2, 0.25) is 0 Å². The Morgan fingerprint density at radius 1 is 1.03 bits per heavy atom. The van der Waals surface area contributed by atoms with E-state index >= 15 is 0 Å². The molecule has 0 saturated carbocycles. The van der Waals surface area contributed by atoms with Crippen LogP contribution in [-0.2, 0) is 4.74 Å². The van der Waals surface area contributed by atoms with Crippen LogP contribution in [-0.4, -0.2) is 115 Å². The van der Waals surface area contributed by atoms with Gasteiger partial charge in [-0.15, -0.1) is 12.4 Å². The number of carbonyl (C=O) groups is 2. The summed E-state index contributed by atoms with van der Waals surface area (Å²) in [5.41, 5.74) is 0.798. The van der Waals surface area contributed by atoms with Crippen molar-refractivity contribution < 1.29 is 19.4 Å². The third-order valence-corrected chi connectivity index (χ3v) is 5.14. The summed E-state index contributed by atoms with van der Waals surface area (Å²) < 4.78 is 5.31. The molecule has 10 heteroatoms. The highest BCUT2D eigenvalue weighted by molar-refractivity contribution is 5.96. The van der Waals surface area contributed by atoms with E-state index in [0.29, 0.717) is 37.4 Å². The number of β-amino-alcohol motifs (C(OH)–C–C–N with tert-alkyl or cyclic N) is 1. The van der Waals surface area contributed by atoms with Gasteiger partial charge in [0, 0.05) is 65.1 Å². The molecule has 2 fully saturated rings. The summed E-state index contributed by atoms with van der Waals surface area (Å²) in [6, 6.07) is 3.26. The number of amides is 2. The summed E-state index contributed by atoms with van der Waals surface area (Å²) in [4.78, 5) is 35.2. The molecule has 3 rings (SSSR count). The maximum atomic E-state index is 12.6. The second kappa shape index (κ2) is 12.0. The van der Waals surface area contributed by atoms with Crippen molar-refractivity contribution in [1.82, 2.24) is 25.0 Å². The molecular weight excluding hydrogens is 398 g/mol. The van der Waals surface area contributed by atoms with E-state index in [1.54, 1.807) is 17.0 Å². The largest absolute Gasteiger partial charge is 0.395 e. The Morgan fingerprint density at radius 3 is 2.34 bits per heavy atom. The van der Waals surface area contributed by atoms with Crippen molar-refractivity contribution in [3.63, 3.8) is 0 Å². The van der Waals surface area contributed by atoms with Crippen molar-refractivity contribution in [3.05, 3.63) is 29.6 Å². The molecule has 0 aromatic carbocycles. The SMILES string of the molecule is Cl.O=C(NCCN1CCOCC1)c1ccc(C(=O)N2CCN(CCO)CC2)nc1. The van der Waals surface area contributed by atoms with Crippen LogP contribution in [0.3, 0.4) is 0 Å². The van der Waals surface area contributed by atoms with E-state index in [9.17, 15) is 9.59 Å². The smallest absolute Gasteiger partial charge is 0.272 e. The number of aromatic nitrogens is 1. The minimum absolute atomic E-state index is 0. The number of piperazine rings is 1. The Hall–Kier alpha value is -1.78. The number of pyridine rings is 1. The van der Waals surface area contributed by atoms with Gasteiger partial charge in [-0.05, 0) is 12.1 Å². The Bertz CT molecular complexity index is 647. The number of hydrogen-bond acceptors (Lipinski definition) is 7. The third kappa shape index (κ3) is 6.90. The first-order valence-corrected chi connectivity index (χ1v) is 9.84. The van der Waals surface area contributed by atoms with Crippen molar-refractivity contribution in [1.29, 1.82) is 0 Å². The monoisotopic (exact) mass is 427 g/mol. The van der Waals surface area contributed by atoms with Crippen LogP contribution in [0.15, 0.2) is 18.3 Å². The lowest BCUT2D eigenvalue weighted by Crippen LogP contribution is -2.49. The second-order valence-corrected chi connectivity index (χ2v) is 7.00. The van der Waals surface area contributed by atoms with Gasteiger partial charge in [0.15, 0.2) is 0 Å². The first kappa shape index (κ1) is 23.5. The third-order valence-electron chi connectivity index (χ3n) is 5.14. The van der Waals surface area contributed by atoms with Crippen LogP contribution < -0.4 is 5.32 Å². The molecule has 0 aliphatic carbocycles. The van der Waals surface area contributed by atoms with Gasteiger partial charge in [-0.1, -0.05) is 0 Å². The van der Waals surface area contributed by atoms with Crippen molar-refractivity contribution in [2.24, 2.45) is 0 Å². The quantitative estimate of drug-likeness (QED) is 0.594. The fourth-order valence-electron chi connectivity index (χ4n) is 3.39. The molecule has 1 aromatic rings. The zero-order valence-corrected chi connectivity index (χ0v) is 17.4. The average molecular weight is 428 g/mol. The molecule has 2 aliphatic rings. The van der Waals surface area contributed by atoms with Gasteiger partial charge in [0.2, 0.25) is 0 Å². The standard InChI is InChI=1S/C19H29N5O4.ClH/c25-12-9-23-5-7-24(8-6-23)19(27)17-2-1-16(15-21-17)18(26)20-3-4-22-10-13-28-14-11-22;/h1-2,15,25H,3-14H2,(H,20,26);1H. The average Bonchev–Trinajstić information content (AvgIpc) is 2.75. The molecule has 0 radical (unpaired) electrons. The summed E-state index contributed by atoms with van der Waals surface area (Å²) in [5, 5.41) is 11.9. The topological polar surface area (TPSA) is 98.2 Å². The van der Waals surface area contributed by atoms with E-state index in [2.05, 4.69) is 20.1 Å². The molecule has 2 saturated heterocycles. The Labute approximate surface area is 177 Å². The maximum Gasteiger partial charge on any atom is 0.272 e. The predicted molar refractivity (Wildman–Crippen MR) is 111 cm³/mol. The van der Waals surface area contributed by atoms with Crippen molar-refractivity contribution in [3.8, 4) is 0 Å². The fourth-order valence-corrected chi connectivity index (χ4v) is 3.39. The lowest BCUT2D eigenvalue weighted by atomic mass is 10.2. The normalized spacial score (nSPS) is 18.2. The van der Waals surface area contributed by atoms with Gasteiger partial charge >= 0.3 is 0 Å².